The normalized spacial score (nSPS) is 14.7. The van der Waals surface area contributed by atoms with E-state index in [9.17, 15) is 0 Å². The molecule has 2 aromatic heterocycles. The van der Waals surface area contributed by atoms with Crippen LogP contribution in [0, 0.1) is 0 Å². The number of anilines is 6. The molecular weight excluding hydrogens is 1740 g/mol. The first-order chi connectivity index (χ1) is 71.5. The summed E-state index contributed by atoms with van der Waals surface area (Å²) < 4.78 is 5.16. The van der Waals surface area contributed by atoms with E-state index in [4.69, 9.17) is 0 Å². The molecule has 4 nitrogen and oxygen atoms in total. The van der Waals surface area contributed by atoms with Crippen molar-refractivity contribution in [2.24, 2.45) is 0 Å². The van der Waals surface area contributed by atoms with Crippen LogP contribution in [-0.4, -0.2) is 9.13 Å². The maximum Gasteiger partial charge on any atom is 0.0755 e. The van der Waals surface area contributed by atoms with Gasteiger partial charge < -0.3 is 18.9 Å². The molecule has 31 rings (SSSR count). The summed E-state index contributed by atoms with van der Waals surface area (Å²) in [6.07, 6.45) is 0. The van der Waals surface area contributed by atoms with Gasteiger partial charge in [-0.15, -0.1) is 0 Å². The Balaban J connectivity index is 0.606. The van der Waals surface area contributed by atoms with Gasteiger partial charge in [0.1, 0.15) is 0 Å². The molecule has 0 saturated heterocycles. The number of hydrogen-bond acceptors (Lipinski definition) is 2. The molecular formula is C140H88N4. The third-order valence-corrected chi connectivity index (χ3v) is 33.3. The van der Waals surface area contributed by atoms with Crippen LogP contribution in [0.4, 0.5) is 34.1 Å². The largest absolute Gasteiger partial charge is 0.310 e. The summed E-state index contributed by atoms with van der Waals surface area (Å²) in [5.74, 6) is 0. The molecule has 23 aromatic carbocycles. The van der Waals surface area contributed by atoms with Crippen molar-refractivity contribution in [3.63, 3.8) is 0 Å². The van der Waals surface area contributed by atoms with Crippen molar-refractivity contribution in [3.05, 3.63) is 623 Å². The number of fused-ring (bicyclic) bond motifs is 31. The van der Waals surface area contributed by atoms with E-state index in [0.29, 0.717) is 0 Å². The smallest absolute Gasteiger partial charge is 0.0755 e. The highest BCUT2D eigenvalue weighted by molar-refractivity contribution is 6.16. The van der Waals surface area contributed by atoms with E-state index >= 15 is 0 Å². The van der Waals surface area contributed by atoms with E-state index in [2.05, 4.69) is 553 Å². The maximum atomic E-state index is 2.65. The highest BCUT2D eigenvalue weighted by Gasteiger charge is 2.56. The van der Waals surface area contributed by atoms with Gasteiger partial charge in [-0.3, -0.25) is 0 Å². The third kappa shape index (κ3) is 10.6. The Kier molecular flexibility index (Phi) is 17.1. The lowest BCUT2D eigenvalue weighted by molar-refractivity contribution is 0.748. The Bertz CT molecular complexity index is 9580. The van der Waals surface area contributed by atoms with Crippen LogP contribution in [0.2, 0.25) is 0 Å². The maximum absolute atomic E-state index is 2.65. The van der Waals surface area contributed by atoms with Crippen LogP contribution in [0.1, 0.15) is 89.0 Å². The van der Waals surface area contributed by atoms with Gasteiger partial charge in [0.2, 0.25) is 0 Å². The molecule has 0 saturated carbocycles. The molecule has 2 aliphatic heterocycles. The van der Waals surface area contributed by atoms with Crippen LogP contribution >= 0.6 is 0 Å². The quantitative estimate of drug-likeness (QED) is 0.114. The van der Waals surface area contributed by atoms with E-state index in [1.54, 1.807) is 0 Å². The van der Waals surface area contributed by atoms with Gasteiger partial charge in [-0.1, -0.05) is 455 Å². The molecule has 0 N–H and O–H groups in total. The van der Waals surface area contributed by atoms with Crippen molar-refractivity contribution in [1.82, 2.24) is 9.13 Å². The first-order valence-electron chi connectivity index (χ1n) is 50.3. The number of para-hydroxylation sites is 4. The van der Waals surface area contributed by atoms with Gasteiger partial charge in [-0.05, 0) is 240 Å². The Morgan fingerprint density at radius 1 is 0.153 bits per heavy atom. The Morgan fingerprint density at radius 2 is 0.444 bits per heavy atom. The number of nitrogens with zero attached hydrogens (tertiary/aromatic N) is 4. The zero-order chi connectivity index (χ0) is 94.2. The second kappa shape index (κ2) is 30.5. The van der Waals surface area contributed by atoms with Gasteiger partial charge >= 0.3 is 0 Å². The predicted molar refractivity (Wildman–Crippen MR) is 595 cm³/mol. The minimum Gasteiger partial charge on any atom is -0.310 e. The lowest BCUT2D eigenvalue weighted by atomic mass is 9.65. The summed E-state index contributed by atoms with van der Waals surface area (Å²) >= 11 is 0. The van der Waals surface area contributed by atoms with Crippen LogP contribution < -0.4 is 9.80 Å². The zero-order valence-electron chi connectivity index (χ0n) is 78.6. The molecule has 1 atom stereocenters. The fraction of sp³-hybridized carbons (Fsp3) is 0.0286. The number of hydrogen-bond donors (Lipinski definition) is 0. The second-order valence-electron chi connectivity index (χ2n) is 39.7. The molecule has 2 spiro atoms. The minimum absolute atomic E-state index is 0.669. The van der Waals surface area contributed by atoms with Gasteiger partial charge in [0.05, 0.1) is 72.2 Å². The van der Waals surface area contributed by atoms with E-state index in [0.717, 1.165) is 67.2 Å². The van der Waals surface area contributed by atoms with Crippen LogP contribution in [0.25, 0.3) is 144 Å². The first-order valence-corrected chi connectivity index (χ1v) is 50.3. The summed E-state index contributed by atoms with van der Waals surface area (Å²) in [4.78, 5) is 5.23. The number of rotatable bonds is 13. The molecule has 0 bridgehead atoms. The predicted octanol–water partition coefficient (Wildman–Crippen LogP) is 35.1. The molecule has 6 aliphatic rings. The molecule has 1 unspecified atom stereocenters. The van der Waals surface area contributed by atoms with Crippen molar-refractivity contribution < 1.29 is 0 Å². The van der Waals surface area contributed by atoms with Gasteiger partial charge in [-0.2, -0.15) is 0 Å². The van der Waals surface area contributed by atoms with Crippen LogP contribution in [0.15, 0.2) is 534 Å². The van der Waals surface area contributed by atoms with Crippen LogP contribution in [0.3, 0.4) is 0 Å². The fourth-order valence-electron chi connectivity index (χ4n) is 27.8. The van der Waals surface area contributed by atoms with Crippen molar-refractivity contribution >= 4 is 88.5 Å². The summed E-state index contributed by atoms with van der Waals surface area (Å²) in [7, 11) is 0. The monoisotopic (exact) mass is 1820 g/mol. The van der Waals surface area contributed by atoms with Gasteiger partial charge in [0.25, 0.3) is 0 Å². The minimum atomic E-state index is -0.802. The van der Waals surface area contributed by atoms with Gasteiger partial charge in [0.15, 0.2) is 0 Å². The van der Waals surface area contributed by atoms with E-state index in [1.165, 1.54) is 200 Å². The summed E-state index contributed by atoms with van der Waals surface area (Å²) in [6, 6.07) is 204. The summed E-state index contributed by atoms with van der Waals surface area (Å²) in [5.41, 5.74) is 47.5. The topological polar surface area (TPSA) is 16.3 Å². The van der Waals surface area contributed by atoms with Crippen molar-refractivity contribution in [3.8, 4) is 89.3 Å². The summed E-state index contributed by atoms with van der Waals surface area (Å²) in [6.45, 7) is 0. The van der Waals surface area contributed by atoms with Crippen molar-refractivity contribution in [1.29, 1.82) is 0 Å². The highest BCUT2D eigenvalue weighted by atomic mass is 15.2. The van der Waals surface area contributed by atoms with Crippen molar-refractivity contribution in [2.75, 3.05) is 9.80 Å². The molecule has 0 radical (unpaired) electrons. The Hall–Kier alpha value is -18.5. The van der Waals surface area contributed by atoms with Crippen molar-refractivity contribution in [2.45, 2.75) is 21.7 Å². The SMILES string of the molecule is c1ccc(-c2ccc(-c3ccc(N(c4ccc5c(c4)C4(c6ccccc6-c6ccccc64)c4cccc6c7ccccc7n-5c46)c4cccc5c4-c4ccccc4C5(c4ccccc4)c4ccc(-c5cccc6c(N(c7ccc8c(c7)C7(c9ccccc9-c9ccccc97)c7cccc9c%10ccccc%10n-8c79)c7cccc8c7-c7ccccc7C8(c7ccccc7)c7ccccc7)cccc56)cc4)cc3)cc2)cc1. The standard InChI is InChI=1S/C140H88N4/c1-5-35-89(36-6-1)90-71-73-91(74-72-90)92-77-81-98(82-78-92)141(99-83-85-129-124(87-99)139(114-56-21-13-43-103(114)104-44-14-22-57-115(104)139)122-64-30-54-110-108-47-19-27-66-127(108)143(129)135(110)122)131-69-33-62-120-133(131)112-49-17-26-61-119(112)138(120,96-41-11-4-12-42-96)97-79-75-93(76-80-97)101-51-29-53-107-102(101)52-32-68-126(107)142(132-70-34-63-121-134(132)113-50-18-25-60-118(113)137(121,94-37-7-2-8-38-94)95-39-9-3-10-40-95)100-84-86-130-125(88-100)140(116-58-23-15-45-105(116)106-46-16-24-59-117(106)140)123-65-31-55-111-109-48-20-28-67-128(109)144(130)136(111)123/h1-88H. The van der Waals surface area contributed by atoms with E-state index in [-0.39, 0.29) is 0 Å². The number of benzene rings is 23. The van der Waals surface area contributed by atoms with E-state index in [1.807, 2.05) is 0 Å². The number of aromatic nitrogens is 2. The van der Waals surface area contributed by atoms with Gasteiger partial charge in [0, 0.05) is 55.1 Å². The third-order valence-electron chi connectivity index (χ3n) is 33.3. The highest BCUT2D eigenvalue weighted by Crippen LogP contribution is 2.68. The molecule has 668 valence electrons. The average molecular weight is 1830 g/mol. The second-order valence-corrected chi connectivity index (χ2v) is 39.7. The van der Waals surface area contributed by atoms with E-state index < -0.39 is 21.7 Å². The molecule has 25 aromatic rings. The molecule has 0 amide bonds. The Labute approximate surface area is 835 Å². The van der Waals surface area contributed by atoms with Crippen LogP contribution in [-0.2, 0) is 21.7 Å². The molecule has 4 heteroatoms. The van der Waals surface area contributed by atoms with Crippen LogP contribution in [0.5, 0.6) is 0 Å². The molecule has 4 aliphatic carbocycles. The lowest BCUT2D eigenvalue weighted by Gasteiger charge is -2.40. The molecule has 0 fully saturated rings. The summed E-state index contributed by atoms with van der Waals surface area (Å²) in [5, 5.41) is 7.28. The molecule has 4 heterocycles. The fourth-order valence-corrected chi connectivity index (χ4v) is 27.8. The molecule has 144 heavy (non-hydrogen) atoms. The first kappa shape index (κ1) is 80.5. The average Bonchev–Trinajstić information content (AvgIpc) is 1.50. The zero-order valence-corrected chi connectivity index (χ0v) is 78.6. The Morgan fingerprint density at radius 3 is 0.903 bits per heavy atom. The van der Waals surface area contributed by atoms with Gasteiger partial charge in [-0.25, -0.2) is 0 Å². The lowest BCUT2D eigenvalue weighted by Crippen LogP contribution is -2.33.